The summed E-state index contributed by atoms with van der Waals surface area (Å²) in [5.41, 5.74) is 0.0324. The van der Waals surface area contributed by atoms with E-state index >= 15 is 0 Å². The number of nitrogens with one attached hydrogen (secondary N) is 1. The zero-order valence-electron chi connectivity index (χ0n) is 24.2. The summed E-state index contributed by atoms with van der Waals surface area (Å²) in [6, 6.07) is 3.14. The van der Waals surface area contributed by atoms with Gasteiger partial charge in [-0.1, -0.05) is 6.07 Å². The quantitative estimate of drug-likeness (QED) is 0.927. The third kappa shape index (κ3) is 2.74. The molecule has 4 nitrogen and oxygen atoms in total. The van der Waals surface area contributed by atoms with Gasteiger partial charge in [0.05, 0.1) is 18.6 Å². The standard InChI is InChI=1S/C16H21NO3/c1-19-14-7-6-11(12-9-16(18)17-10-12)8-15(14)20-13-4-2-3-5-13/h6-8,12-13H,2-5,9-10H2,1H3,(H,17,18)/i1D3,2D2,3D2,4D2,5D2,10D2,13D. The number of rotatable bonds is 4. The lowest BCUT2D eigenvalue weighted by Crippen LogP contribution is -2.14. The van der Waals surface area contributed by atoms with Crippen molar-refractivity contribution < 1.29 is 33.5 Å². The van der Waals surface area contributed by atoms with E-state index < -0.39 is 68.4 Å². The number of hydrogen-bond donors (Lipinski definition) is 1. The van der Waals surface area contributed by atoms with Crippen molar-refractivity contribution in [3.8, 4) is 11.5 Å². The first kappa shape index (κ1) is 4.65. The number of ether oxygens (including phenoxy) is 2. The highest BCUT2D eigenvalue weighted by molar-refractivity contribution is 5.79. The fourth-order valence-corrected chi connectivity index (χ4v) is 1.93. The van der Waals surface area contributed by atoms with Gasteiger partial charge in [-0.25, -0.2) is 0 Å². The van der Waals surface area contributed by atoms with Crippen molar-refractivity contribution in [3.05, 3.63) is 23.8 Å². The summed E-state index contributed by atoms with van der Waals surface area (Å²) in [6.07, 6.45) is -18.2. The second-order valence-electron chi connectivity index (χ2n) is 4.19. The second kappa shape index (κ2) is 5.73. The molecule has 0 radical (unpaired) electrons. The SMILES string of the molecule is [2H]C([2H])([2H])Oc1ccc(C2CC(=O)NC2([2H])[2H])cc1OC1([2H])C([2H])([2H])C([2H])([2H])C([2H])([2H])C1([2H])[2H]. The lowest BCUT2D eigenvalue weighted by Gasteiger charge is -2.18. The third-order valence-corrected chi connectivity index (χ3v) is 2.88. The molecule has 1 saturated heterocycles. The van der Waals surface area contributed by atoms with Crippen LogP contribution in [-0.4, -0.2) is 25.5 Å². The molecule has 1 unspecified atom stereocenters. The van der Waals surface area contributed by atoms with Gasteiger partial charge in [-0.2, -0.15) is 0 Å². The van der Waals surface area contributed by atoms with Crippen LogP contribution in [0.15, 0.2) is 18.2 Å². The highest BCUT2D eigenvalue weighted by Crippen LogP contribution is 2.35. The van der Waals surface area contributed by atoms with Crippen LogP contribution in [0, 0.1) is 0 Å². The zero-order valence-corrected chi connectivity index (χ0v) is 10.2. The molecular formula is C16H21NO3. The van der Waals surface area contributed by atoms with E-state index in [1.165, 1.54) is 6.07 Å². The molecule has 1 atom stereocenters. The van der Waals surface area contributed by atoms with E-state index in [0.717, 1.165) is 12.1 Å². The summed E-state index contributed by atoms with van der Waals surface area (Å²) in [5.74, 6) is -3.14. The predicted octanol–water partition coefficient (Wildman–Crippen LogP) is 2.62. The van der Waals surface area contributed by atoms with Crippen LogP contribution in [0.4, 0.5) is 0 Å². The Labute approximate surface area is 139 Å². The molecule has 1 aliphatic heterocycles. The molecule has 2 aliphatic rings. The number of benzene rings is 1. The number of methoxy groups -OCH3 is 1. The number of hydrogen-bond acceptors (Lipinski definition) is 3. The Balaban J connectivity index is 2.18. The Morgan fingerprint density at radius 1 is 1.40 bits per heavy atom. The summed E-state index contributed by atoms with van der Waals surface area (Å²) in [5, 5.41) is 2.12. The maximum atomic E-state index is 11.7. The van der Waals surface area contributed by atoms with Gasteiger partial charge in [0.25, 0.3) is 0 Å². The van der Waals surface area contributed by atoms with Gasteiger partial charge in [0.15, 0.2) is 11.5 Å². The summed E-state index contributed by atoms with van der Waals surface area (Å²) in [7, 11) is -3.08. The monoisotopic (exact) mass is 289 g/mol. The molecule has 1 saturated carbocycles. The van der Waals surface area contributed by atoms with Gasteiger partial charge >= 0.3 is 0 Å². The van der Waals surface area contributed by atoms with Crippen molar-refractivity contribution in [3.63, 3.8) is 0 Å². The molecule has 108 valence electrons. The van der Waals surface area contributed by atoms with Gasteiger partial charge in [-0.15, -0.1) is 0 Å². The van der Waals surface area contributed by atoms with Gasteiger partial charge in [0, 0.05) is 32.5 Å². The van der Waals surface area contributed by atoms with Crippen molar-refractivity contribution in [2.45, 2.75) is 43.9 Å². The minimum Gasteiger partial charge on any atom is -0.493 e. The smallest absolute Gasteiger partial charge is 0.220 e. The van der Waals surface area contributed by atoms with Crippen LogP contribution in [0.25, 0.3) is 0 Å². The first-order chi connectivity index (χ1) is 15.0. The van der Waals surface area contributed by atoms with Gasteiger partial charge in [0.2, 0.25) is 5.91 Å². The highest BCUT2D eigenvalue weighted by Gasteiger charge is 2.25. The molecule has 4 heteroatoms. The minimum atomic E-state index is -3.60. The molecule has 3 rings (SSSR count). The largest absolute Gasteiger partial charge is 0.493 e. The number of amides is 1. The number of carbonyl (C=O) groups is 1. The second-order valence-corrected chi connectivity index (χ2v) is 4.19. The molecule has 0 bridgehead atoms. The Bertz CT molecular complexity index is 979. The summed E-state index contributed by atoms with van der Waals surface area (Å²) in [4.78, 5) is 11.7. The molecule has 2 fully saturated rings. The predicted molar refractivity (Wildman–Crippen MR) is 76.2 cm³/mol. The third-order valence-electron chi connectivity index (χ3n) is 2.88. The van der Waals surface area contributed by atoms with E-state index in [4.69, 9.17) is 28.7 Å². The first-order valence-corrected chi connectivity index (χ1v) is 5.85. The lowest BCUT2D eigenvalue weighted by molar-refractivity contribution is -0.119. The maximum Gasteiger partial charge on any atom is 0.220 e. The Morgan fingerprint density at radius 2 is 2.25 bits per heavy atom. The molecule has 1 aromatic rings. The number of carbonyl (C=O) groups excluding carboxylic acids is 1. The zero-order chi connectivity index (χ0) is 26.3. The van der Waals surface area contributed by atoms with E-state index in [1.807, 2.05) is 0 Å². The van der Waals surface area contributed by atoms with Gasteiger partial charge in [0.1, 0.15) is 0 Å². The average molecular weight is 289 g/mol. The Hall–Kier alpha value is -1.71. The van der Waals surface area contributed by atoms with Crippen molar-refractivity contribution in [2.24, 2.45) is 0 Å². The minimum absolute atomic E-state index is 0.0324. The molecule has 0 aromatic heterocycles. The lowest BCUT2D eigenvalue weighted by atomic mass is 9.98. The Morgan fingerprint density at radius 3 is 2.95 bits per heavy atom. The van der Waals surface area contributed by atoms with Crippen LogP contribution >= 0.6 is 0 Å². The van der Waals surface area contributed by atoms with E-state index in [-0.39, 0.29) is 12.0 Å². The molecule has 1 N–H and O–H groups in total. The van der Waals surface area contributed by atoms with Gasteiger partial charge in [-0.3, -0.25) is 4.79 Å². The van der Waals surface area contributed by atoms with Crippen molar-refractivity contribution in [2.75, 3.05) is 13.5 Å². The maximum absolute atomic E-state index is 11.7. The van der Waals surface area contributed by atoms with Crippen LogP contribution in [0.1, 0.15) is 62.6 Å². The average Bonchev–Trinajstić information content (AvgIpc) is 2.94. The Kier molecular flexibility index (Phi) is 1.33. The van der Waals surface area contributed by atoms with Crippen LogP contribution in [0.3, 0.4) is 0 Å². The van der Waals surface area contributed by atoms with E-state index in [9.17, 15) is 4.79 Å². The fraction of sp³-hybridized carbons (Fsp3) is 0.562. The molecule has 20 heavy (non-hydrogen) atoms. The molecule has 1 amide bonds. The normalized spacial score (nSPS) is 48.0. The van der Waals surface area contributed by atoms with Crippen molar-refractivity contribution in [1.82, 2.24) is 5.32 Å². The molecular weight excluding hydrogens is 254 g/mol. The van der Waals surface area contributed by atoms with Crippen molar-refractivity contribution in [1.29, 1.82) is 0 Å². The molecule has 0 spiro atoms. The fourth-order valence-electron chi connectivity index (χ4n) is 1.93. The van der Waals surface area contributed by atoms with Gasteiger partial charge in [-0.05, 0) is 43.2 Å². The first-order valence-electron chi connectivity index (χ1n) is 12.8. The van der Waals surface area contributed by atoms with Crippen LogP contribution in [0.5, 0.6) is 11.5 Å². The van der Waals surface area contributed by atoms with E-state index in [1.54, 1.807) is 0 Å². The van der Waals surface area contributed by atoms with Crippen LogP contribution in [-0.2, 0) is 4.79 Å². The topological polar surface area (TPSA) is 47.6 Å². The molecule has 1 heterocycles. The summed E-state index contributed by atoms with van der Waals surface area (Å²) >= 11 is 0. The van der Waals surface area contributed by atoms with E-state index in [2.05, 4.69) is 5.32 Å². The molecule has 1 aromatic carbocycles. The van der Waals surface area contributed by atoms with E-state index in [0.29, 0.717) is 0 Å². The van der Waals surface area contributed by atoms with Gasteiger partial charge < -0.3 is 14.8 Å². The van der Waals surface area contributed by atoms with Crippen LogP contribution in [0.2, 0.25) is 0 Å². The van der Waals surface area contributed by atoms with Crippen LogP contribution < -0.4 is 14.8 Å². The highest BCUT2D eigenvalue weighted by atomic mass is 16.5. The summed E-state index contributed by atoms with van der Waals surface area (Å²) in [6.45, 7) is -2.23. The molecule has 1 aliphatic carbocycles. The summed E-state index contributed by atoms with van der Waals surface area (Å²) < 4.78 is 120. The van der Waals surface area contributed by atoms with Crippen molar-refractivity contribution >= 4 is 5.91 Å².